The molecule has 1 heterocycles. The predicted molar refractivity (Wildman–Crippen MR) is 216 cm³/mol. The Morgan fingerprint density at radius 1 is 0.686 bits per heavy atom. The lowest BCUT2D eigenvalue weighted by Gasteiger charge is -2.34. The maximum absolute atomic E-state index is 2.62. The fraction of sp³-hybridized carbons (Fsp3) is 0.306. The van der Waals surface area contributed by atoms with Crippen molar-refractivity contribution in [3.63, 3.8) is 0 Å². The quantitative estimate of drug-likeness (QED) is 0.232. The molecule has 2 nitrogen and oxygen atoms in total. The molecule has 0 N–H and O–H groups in total. The van der Waals surface area contributed by atoms with Crippen LogP contribution in [0.5, 0.6) is 0 Å². The summed E-state index contributed by atoms with van der Waals surface area (Å²) in [5.41, 5.74) is 15.6. The van der Waals surface area contributed by atoms with E-state index in [0.29, 0.717) is 23.8 Å². The van der Waals surface area contributed by atoms with Gasteiger partial charge in [-0.3, -0.25) is 0 Å². The van der Waals surface area contributed by atoms with Gasteiger partial charge in [0.1, 0.15) is 0 Å². The second kappa shape index (κ2) is 14.1. The van der Waals surface area contributed by atoms with Crippen molar-refractivity contribution >= 4 is 22.6 Å². The van der Waals surface area contributed by atoms with Crippen LogP contribution in [0.3, 0.4) is 0 Å². The molecular weight excluding hydrogens is 617 g/mol. The average Bonchev–Trinajstić information content (AvgIpc) is 3.54. The van der Waals surface area contributed by atoms with Gasteiger partial charge in [-0.15, -0.1) is 0 Å². The Morgan fingerprint density at radius 2 is 1.55 bits per heavy atom. The molecular formula is C49H50N2. The molecule has 1 aliphatic heterocycles. The van der Waals surface area contributed by atoms with Crippen LogP contribution in [0, 0.1) is 5.92 Å². The van der Waals surface area contributed by atoms with Crippen LogP contribution >= 0.6 is 0 Å². The molecule has 4 unspecified atom stereocenters. The normalized spacial score (nSPS) is 25.3. The van der Waals surface area contributed by atoms with E-state index in [2.05, 4.69) is 156 Å². The molecule has 51 heavy (non-hydrogen) atoms. The Labute approximate surface area is 305 Å². The van der Waals surface area contributed by atoms with Gasteiger partial charge in [0, 0.05) is 28.7 Å². The van der Waals surface area contributed by atoms with Crippen molar-refractivity contribution < 1.29 is 0 Å². The van der Waals surface area contributed by atoms with E-state index in [-0.39, 0.29) is 0 Å². The summed E-state index contributed by atoms with van der Waals surface area (Å²) in [7, 11) is 0. The number of rotatable bonds is 7. The molecule has 0 saturated heterocycles. The first-order chi connectivity index (χ1) is 25.2. The molecule has 0 radical (unpaired) electrons. The molecule has 3 aromatic carbocycles. The fourth-order valence-electron chi connectivity index (χ4n) is 9.60. The van der Waals surface area contributed by atoms with Crippen LogP contribution in [-0.2, 0) is 0 Å². The minimum atomic E-state index is 0.342. The molecule has 256 valence electrons. The third-order valence-electron chi connectivity index (χ3n) is 12.3. The molecule has 3 aromatic rings. The first-order valence-corrected chi connectivity index (χ1v) is 19.6. The minimum absolute atomic E-state index is 0.342. The molecule has 0 fully saturated rings. The van der Waals surface area contributed by atoms with Crippen molar-refractivity contribution in [3.8, 4) is 0 Å². The van der Waals surface area contributed by atoms with Crippen molar-refractivity contribution in [3.05, 3.63) is 179 Å². The Morgan fingerprint density at radius 3 is 2.29 bits per heavy atom. The van der Waals surface area contributed by atoms with Crippen LogP contribution in [0.25, 0.3) is 5.57 Å². The van der Waals surface area contributed by atoms with E-state index < -0.39 is 0 Å². The van der Waals surface area contributed by atoms with E-state index in [1.54, 1.807) is 0 Å². The summed E-state index contributed by atoms with van der Waals surface area (Å²) in [5, 5.41) is 0. The average molecular weight is 667 g/mol. The van der Waals surface area contributed by atoms with Crippen LogP contribution in [0.1, 0.15) is 99.7 Å². The molecule has 9 rings (SSSR count). The summed E-state index contributed by atoms with van der Waals surface area (Å²) in [6, 6.07) is 28.2. The van der Waals surface area contributed by atoms with E-state index in [1.165, 1.54) is 100 Å². The van der Waals surface area contributed by atoms with Gasteiger partial charge in [0.2, 0.25) is 0 Å². The van der Waals surface area contributed by atoms with Crippen LogP contribution < -0.4 is 9.80 Å². The van der Waals surface area contributed by atoms with Gasteiger partial charge < -0.3 is 9.80 Å². The first kappa shape index (κ1) is 32.1. The van der Waals surface area contributed by atoms with Gasteiger partial charge in [0.15, 0.2) is 0 Å². The van der Waals surface area contributed by atoms with Crippen molar-refractivity contribution in [2.45, 2.75) is 89.0 Å². The maximum Gasteiger partial charge on any atom is 0.0522 e. The second-order valence-corrected chi connectivity index (χ2v) is 15.3. The second-order valence-electron chi connectivity index (χ2n) is 15.3. The first-order valence-electron chi connectivity index (χ1n) is 19.6. The zero-order valence-corrected chi connectivity index (χ0v) is 30.1. The van der Waals surface area contributed by atoms with Gasteiger partial charge in [0.25, 0.3) is 0 Å². The van der Waals surface area contributed by atoms with Gasteiger partial charge in [-0.25, -0.2) is 0 Å². The Kier molecular flexibility index (Phi) is 8.86. The zero-order valence-electron chi connectivity index (χ0n) is 30.1. The van der Waals surface area contributed by atoms with Crippen LogP contribution in [-0.4, -0.2) is 6.04 Å². The summed E-state index contributed by atoms with van der Waals surface area (Å²) in [6.45, 7) is 2.47. The Bertz CT molecular complexity index is 2030. The molecule has 0 spiro atoms. The molecule has 0 aromatic heterocycles. The molecule has 0 saturated carbocycles. The zero-order chi connectivity index (χ0) is 34.1. The number of nitrogens with zero attached hydrogens (tertiary/aromatic N) is 2. The van der Waals surface area contributed by atoms with Gasteiger partial charge in [0.05, 0.1) is 11.7 Å². The minimum Gasteiger partial charge on any atom is -0.334 e. The van der Waals surface area contributed by atoms with Crippen LogP contribution in [0.15, 0.2) is 162 Å². The number of hydrogen-bond acceptors (Lipinski definition) is 2. The maximum atomic E-state index is 2.62. The lowest BCUT2D eigenvalue weighted by atomic mass is 9.74. The molecule has 5 aliphatic carbocycles. The Balaban J connectivity index is 1.04. The van der Waals surface area contributed by atoms with E-state index in [9.17, 15) is 0 Å². The third-order valence-corrected chi connectivity index (χ3v) is 12.3. The van der Waals surface area contributed by atoms with Gasteiger partial charge >= 0.3 is 0 Å². The van der Waals surface area contributed by atoms with Gasteiger partial charge in [-0.05, 0) is 146 Å². The van der Waals surface area contributed by atoms with E-state index >= 15 is 0 Å². The lowest BCUT2D eigenvalue weighted by molar-refractivity contribution is 0.581. The predicted octanol–water partition coefficient (Wildman–Crippen LogP) is 13.2. The standard InChI is InChI=1S/C49H50N2/c1-35-45(40-28-26-39(27-29-40)38-24-22-37(23-25-38)36-14-6-2-7-15-36)32-33-47-49(35)46-31-30-44(34-48(46)51(47)43-20-12-5-13-21-43)50(41-16-8-3-9-17-41)42-18-10-4-11-19-42/h2-3,5-6,8-10,12,16-18,20,22-26,28,30-36,42,49H,4,7,11,13-15,19,21,27,29H2,1H3. The van der Waals surface area contributed by atoms with Gasteiger partial charge in [-0.1, -0.05) is 110 Å². The number of para-hydroxylation sites is 1. The van der Waals surface area contributed by atoms with E-state index in [0.717, 1.165) is 25.7 Å². The number of anilines is 3. The highest BCUT2D eigenvalue weighted by Crippen LogP contribution is 2.55. The highest BCUT2D eigenvalue weighted by Gasteiger charge is 2.42. The molecule has 6 aliphatic rings. The smallest absolute Gasteiger partial charge is 0.0522 e. The highest BCUT2D eigenvalue weighted by atomic mass is 15.2. The van der Waals surface area contributed by atoms with Crippen LogP contribution in [0.2, 0.25) is 0 Å². The number of allylic oxidation sites excluding steroid dienone is 15. The summed E-state index contributed by atoms with van der Waals surface area (Å²) in [6.07, 6.45) is 37.8. The largest absolute Gasteiger partial charge is 0.334 e. The lowest BCUT2D eigenvalue weighted by Crippen LogP contribution is -2.30. The summed E-state index contributed by atoms with van der Waals surface area (Å²) < 4.78 is 0. The van der Waals surface area contributed by atoms with Gasteiger partial charge in [-0.2, -0.15) is 0 Å². The van der Waals surface area contributed by atoms with Crippen molar-refractivity contribution in [2.24, 2.45) is 5.92 Å². The molecule has 4 atom stereocenters. The third kappa shape index (κ3) is 6.13. The van der Waals surface area contributed by atoms with Crippen molar-refractivity contribution in [2.75, 3.05) is 9.80 Å². The topological polar surface area (TPSA) is 6.48 Å². The van der Waals surface area contributed by atoms with Crippen molar-refractivity contribution in [1.82, 2.24) is 0 Å². The van der Waals surface area contributed by atoms with E-state index in [4.69, 9.17) is 0 Å². The molecule has 0 amide bonds. The van der Waals surface area contributed by atoms with E-state index in [1.807, 2.05) is 0 Å². The number of benzene rings is 3. The highest BCUT2D eigenvalue weighted by molar-refractivity contribution is 5.80. The number of fused-ring (bicyclic) bond motifs is 3. The molecule has 0 bridgehead atoms. The summed E-state index contributed by atoms with van der Waals surface area (Å²) in [4.78, 5) is 5.20. The van der Waals surface area contributed by atoms with Crippen LogP contribution in [0.4, 0.5) is 17.1 Å². The summed E-state index contributed by atoms with van der Waals surface area (Å²) >= 11 is 0. The number of hydrogen-bond donors (Lipinski definition) is 0. The molecule has 2 heteroatoms. The Hall–Kier alpha value is -4.82. The fourth-order valence-corrected chi connectivity index (χ4v) is 9.60. The SMILES string of the molecule is CC1C(C2=CC=C(c3ccc(C4CC=CCC4)cc3)CC2)=CC=C2C1c1ccc(N(c3ccccc3)C3C=CCCC3)cc1N2C1=CC=CCC1. The monoisotopic (exact) mass is 666 g/mol. The summed E-state index contributed by atoms with van der Waals surface area (Å²) in [5.74, 6) is 1.42. The van der Waals surface area contributed by atoms with Crippen molar-refractivity contribution in [1.29, 1.82) is 0 Å².